The van der Waals surface area contributed by atoms with Crippen LogP contribution in [-0.2, 0) is 12.6 Å². The summed E-state index contributed by atoms with van der Waals surface area (Å²) >= 11 is 0.336. The molecule has 1 heterocycles. The lowest BCUT2D eigenvalue weighted by molar-refractivity contribution is -0.134. The Morgan fingerprint density at radius 3 is 2.29 bits per heavy atom. The molecule has 0 aliphatic heterocycles. The third-order valence-corrected chi connectivity index (χ3v) is 4.08. The van der Waals surface area contributed by atoms with Gasteiger partial charge >= 0.3 is 6.18 Å². The zero-order valence-electron chi connectivity index (χ0n) is 11.6. The van der Waals surface area contributed by atoms with Crippen molar-refractivity contribution in [2.45, 2.75) is 32.9 Å². The predicted octanol–water partition coefficient (Wildman–Crippen LogP) is 4.98. The SMILES string of the molecule is CCC(=O)c1c(-c2ccc(CC)cc2)nsc1C(F)(F)F. The van der Waals surface area contributed by atoms with Gasteiger partial charge in [0.2, 0.25) is 0 Å². The lowest BCUT2D eigenvalue weighted by Crippen LogP contribution is -2.10. The van der Waals surface area contributed by atoms with Crippen LogP contribution in [0.25, 0.3) is 11.3 Å². The van der Waals surface area contributed by atoms with Gasteiger partial charge in [0.1, 0.15) is 4.88 Å². The quantitative estimate of drug-likeness (QED) is 0.745. The van der Waals surface area contributed by atoms with E-state index in [0.717, 1.165) is 12.0 Å². The molecular formula is C15H14F3NOS. The summed E-state index contributed by atoms with van der Waals surface area (Å²) in [5.74, 6) is -0.536. The summed E-state index contributed by atoms with van der Waals surface area (Å²) < 4.78 is 42.9. The molecule has 0 atom stereocenters. The first kappa shape index (κ1) is 15.7. The Balaban J connectivity index is 2.57. The molecule has 0 aliphatic rings. The monoisotopic (exact) mass is 313 g/mol. The highest BCUT2D eigenvalue weighted by Crippen LogP contribution is 2.40. The van der Waals surface area contributed by atoms with E-state index in [1.807, 2.05) is 19.1 Å². The van der Waals surface area contributed by atoms with Crippen molar-refractivity contribution >= 4 is 17.3 Å². The molecule has 0 radical (unpaired) electrons. The minimum Gasteiger partial charge on any atom is -0.294 e. The normalized spacial score (nSPS) is 11.7. The van der Waals surface area contributed by atoms with Crippen LogP contribution in [-0.4, -0.2) is 10.2 Å². The largest absolute Gasteiger partial charge is 0.427 e. The minimum atomic E-state index is -4.56. The smallest absolute Gasteiger partial charge is 0.294 e. The highest BCUT2D eigenvalue weighted by atomic mass is 32.1. The number of rotatable bonds is 4. The van der Waals surface area contributed by atoms with Crippen LogP contribution in [0.15, 0.2) is 24.3 Å². The Kier molecular flexibility index (Phi) is 4.46. The maximum absolute atomic E-state index is 13.0. The molecule has 0 amide bonds. The van der Waals surface area contributed by atoms with Crippen LogP contribution in [0.2, 0.25) is 0 Å². The van der Waals surface area contributed by atoms with Crippen molar-refractivity contribution in [3.05, 3.63) is 40.3 Å². The van der Waals surface area contributed by atoms with Gasteiger partial charge in [-0.05, 0) is 23.5 Å². The van der Waals surface area contributed by atoms with Crippen LogP contribution in [0, 0.1) is 0 Å². The summed E-state index contributed by atoms with van der Waals surface area (Å²) in [5.41, 5.74) is 1.44. The number of hydrogen-bond acceptors (Lipinski definition) is 3. The molecular weight excluding hydrogens is 299 g/mol. The van der Waals surface area contributed by atoms with E-state index < -0.39 is 16.8 Å². The molecule has 0 fully saturated rings. The first-order valence-corrected chi connectivity index (χ1v) is 7.35. The Morgan fingerprint density at radius 1 is 1.19 bits per heavy atom. The fraction of sp³-hybridized carbons (Fsp3) is 0.333. The average molecular weight is 313 g/mol. The van der Waals surface area contributed by atoms with Crippen molar-refractivity contribution < 1.29 is 18.0 Å². The number of aryl methyl sites for hydroxylation is 1. The summed E-state index contributed by atoms with van der Waals surface area (Å²) in [6, 6.07) is 7.09. The van der Waals surface area contributed by atoms with E-state index in [-0.39, 0.29) is 17.7 Å². The number of alkyl halides is 3. The Morgan fingerprint density at radius 2 is 1.81 bits per heavy atom. The van der Waals surface area contributed by atoms with E-state index in [1.165, 1.54) is 0 Å². The van der Waals surface area contributed by atoms with E-state index in [9.17, 15) is 18.0 Å². The summed E-state index contributed by atoms with van der Waals surface area (Å²) in [7, 11) is 0. The Bertz CT molecular complexity index is 644. The number of ketones is 1. The van der Waals surface area contributed by atoms with E-state index in [1.54, 1.807) is 19.1 Å². The van der Waals surface area contributed by atoms with Crippen molar-refractivity contribution in [1.29, 1.82) is 0 Å². The molecule has 0 unspecified atom stereocenters. The molecule has 112 valence electrons. The van der Waals surface area contributed by atoms with Crippen LogP contribution >= 0.6 is 11.5 Å². The topological polar surface area (TPSA) is 30.0 Å². The lowest BCUT2D eigenvalue weighted by atomic mass is 10.00. The van der Waals surface area contributed by atoms with Crippen molar-refractivity contribution in [2.75, 3.05) is 0 Å². The van der Waals surface area contributed by atoms with Gasteiger partial charge in [0, 0.05) is 12.0 Å². The molecule has 0 N–H and O–H groups in total. The molecule has 0 saturated heterocycles. The molecule has 0 aliphatic carbocycles. The van der Waals surface area contributed by atoms with Crippen molar-refractivity contribution in [3.63, 3.8) is 0 Å². The van der Waals surface area contributed by atoms with Crippen LogP contribution in [0.3, 0.4) is 0 Å². The number of carbonyl (C=O) groups excluding carboxylic acids is 1. The average Bonchev–Trinajstić information content (AvgIpc) is 2.91. The summed E-state index contributed by atoms with van der Waals surface area (Å²) in [4.78, 5) is 11.0. The van der Waals surface area contributed by atoms with Crippen LogP contribution in [0.1, 0.15) is 41.1 Å². The number of benzene rings is 1. The van der Waals surface area contributed by atoms with Crippen molar-refractivity contribution in [2.24, 2.45) is 0 Å². The number of nitrogens with zero attached hydrogens (tertiary/aromatic N) is 1. The highest BCUT2D eigenvalue weighted by Gasteiger charge is 2.39. The third-order valence-electron chi connectivity index (χ3n) is 3.19. The standard InChI is InChI=1S/C15H14F3NOS/c1-3-9-5-7-10(8-6-9)13-12(11(20)4-2)14(21-19-13)15(16,17)18/h5-8H,3-4H2,1-2H3. The third kappa shape index (κ3) is 3.15. The van der Waals surface area contributed by atoms with Gasteiger partial charge in [-0.1, -0.05) is 38.1 Å². The molecule has 6 heteroatoms. The van der Waals surface area contributed by atoms with Gasteiger partial charge in [0.25, 0.3) is 0 Å². The van der Waals surface area contributed by atoms with Crippen LogP contribution in [0.4, 0.5) is 13.2 Å². The zero-order chi connectivity index (χ0) is 15.6. The van der Waals surface area contributed by atoms with E-state index in [4.69, 9.17) is 0 Å². The second-order valence-electron chi connectivity index (χ2n) is 4.56. The number of hydrogen-bond donors (Lipinski definition) is 0. The fourth-order valence-corrected chi connectivity index (χ4v) is 2.80. The minimum absolute atomic E-state index is 0.0154. The number of Topliss-reactive ketones (excluding diaryl/α,β-unsaturated/α-hetero) is 1. The zero-order valence-corrected chi connectivity index (χ0v) is 12.4. The molecule has 2 nitrogen and oxygen atoms in total. The van der Waals surface area contributed by atoms with Gasteiger partial charge < -0.3 is 0 Å². The predicted molar refractivity (Wildman–Crippen MR) is 76.6 cm³/mol. The lowest BCUT2D eigenvalue weighted by Gasteiger charge is -2.07. The number of halogens is 3. The van der Waals surface area contributed by atoms with Crippen molar-refractivity contribution in [3.8, 4) is 11.3 Å². The first-order chi connectivity index (χ1) is 9.88. The summed E-state index contributed by atoms with van der Waals surface area (Å²) in [6.45, 7) is 3.54. The molecule has 1 aromatic carbocycles. The summed E-state index contributed by atoms with van der Waals surface area (Å²) in [6.07, 6.45) is -3.70. The Labute approximate surface area is 124 Å². The number of aromatic nitrogens is 1. The maximum atomic E-state index is 13.0. The maximum Gasteiger partial charge on any atom is 0.427 e. The number of carbonyl (C=O) groups is 1. The molecule has 0 saturated carbocycles. The van der Waals surface area contributed by atoms with Gasteiger partial charge in [0.05, 0.1) is 11.3 Å². The second kappa shape index (κ2) is 5.97. The van der Waals surface area contributed by atoms with Crippen LogP contribution in [0.5, 0.6) is 0 Å². The molecule has 0 bridgehead atoms. The fourth-order valence-electron chi connectivity index (χ4n) is 2.01. The van der Waals surface area contributed by atoms with Crippen LogP contribution < -0.4 is 0 Å². The second-order valence-corrected chi connectivity index (χ2v) is 5.33. The van der Waals surface area contributed by atoms with Gasteiger partial charge in [0.15, 0.2) is 5.78 Å². The van der Waals surface area contributed by atoms with Gasteiger partial charge in [-0.2, -0.15) is 17.5 Å². The molecule has 1 aromatic heterocycles. The molecule has 2 aromatic rings. The van der Waals surface area contributed by atoms with E-state index >= 15 is 0 Å². The van der Waals surface area contributed by atoms with E-state index in [2.05, 4.69) is 4.37 Å². The van der Waals surface area contributed by atoms with Crippen molar-refractivity contribution in [1.82, 2.24) is 4.37 Å². The van der Waals surface area contributed by atoms with Gasteiger partial charge in [-0.25, -0.2) is 0 Å². The summed E-state index contributed by atoms with van der Waals surface area (Å²) in [5, 5.41) is 0. The van der Waals surface area contributed by atoms with Gasteiger partial charge in [-0.3, -0.25) is 4.79 Å². The highest BCUT2D eigenvalue weighted by molar-refractivity contribution is 7.06. The molecule has 0 spiro atoms. The van der Waals surface area contributed by atoms with Gasteiger partial charge in [-0.15, -0.1) is 0 Å². The molecule has 2 rings (SSSR count). The first-order valence-electron chi connectivity index (χ1n) is 6.57. The molecule has 21 heavy (non-hydrogen) atoms. The Hall–Kier alpha value is -1.69. The van der Waals surface area contributed by atoms with E-state index in [0.29, 0.717) is 17.1 Å².